The minimum absolute atomic E-state index is 0.0111. The van der Waals surface area contributed by atoms with Crippen molar-refractivity contribution in [2.75, 3.05) is 0 Å². The highest BCUT2D eigenvalue weighted by Crippen LogP contribution is 2.67. The summed E-state index contributed by atoms with van der Waals surface area (Å²) in [6.45, 7) is 7.77. The van der Waals surface area contributed by atoms with Gasteiger partial charge in [-0.2, -0.15) is 0 Å². The number of aliphatic hydroxyl groups excluding tert-OH is 1. The van der Waals surface area contributed by atoms with Crippen LogP contribution in [-0.4, -0.2) is 28.6 Å². The number of ketones is 1. The molecule has 8 atom stereocenters. The SMILES string of the molecule is CC(=O)O[C@]1(C(C)=O)CC[C@@]2(C)[C@@H](CC[C@@H]3[C@H]2CC[C@]2(C)[C@@H](O)CC[C@@H]32)C1. The number of hydrogen-bond donors (Lipinski definition) is 1. The van der Waals surface area contributed by atoms with E-state index in [9.17, 15) is 14.7 Å². The van der Waals surface area contributed by atoms with Crippen LogP contribution < -0.4 is 0 Å². The standard InChI is InChI=1S/C23H36O4/c1-14(24)23(27-15(2)25)12-11-21(3)16(13-23)5-6-17-18-7-8-20(26)22(18,4)10-9-19(17)21/h16-20,26H,5-13H2,1-4H3/t16-,17-,18-,19+,20-,21-,22-,23+/m0/s1. The largest absolute Gasteiger partial charge is 0.451 e. The van der Waals surface area contributed by atoms with E-state index in [1.807, 2.05) is 0 Å². The maximum atomic E-state index is 12.4. The minimum Gasteiger partial charge on any atom is -0.451 e. The zero-order valence-electron chi connectivity index (χ0n) is 17.4. The number of carbonyl (C=O) groups excluding carboxylic acids is 2. The summed E-state index contributed by atoms with van der Waals surface area (Å²) in [5.41, 5.74) is -0.549. The summed E-state index contributed by atoms with van der Waals surface area (Å²) in [7, 11) is 0. The van der Waals surface area contributed by atoms with Crippen LogP contribution in [0.4, 0.5) is 0 Å². The molecule has 0 aliphatic heterocycles. The fourth-order valence-electron chi connectivity index (χ4n) is 7.96. The summed E-state index contributed by atoms with van der Waals surface area (Å²) >= 11 is 0. The highest BCUT2D eigenvalue weighted by Gasteiger charge is 2.62. The molecule has 4 heteroatoms. The molecule has 4 nitrogen and oxygen atoms in total. The van der Waals surface area contributed by atoms with Crippen LogP contribution in [0.25, 0.3) is 0 Å². The summed E-state index contributed by atoms with van der Waals surface area (Å²) in [5, 5.41) is 10.6. The highest BCUT2D eigenvalue weighted by molar-refractivity contribution is 5.87. The zero-order chi connectivity index (χ0) is 19.6. The fourth-order valence-corrected chi connectivity index (χ4v) is 7.96. The molecular weight excluding hydrogens is 340 g/mol. The molecule has 27 heavy (non-hydrogen) atoms. The highest BCUT2D eigenvalue weighted by atomic mass is 16.6. The third-order valence-corrected chi connectivity index (χ3v) is 9.64. The van der Waals surface area contributed by atoms with Crippen molar-refractivity contribution in [3.8, 4) is 0 Å². The van der Waals surface area contributed by atoms with Gasteiger partial charge in [-0.15, -0.1) is 0 Å². The molecule has 0 unspecified atom stereocenters. The lowest BCUT2D eigenvalue weighted by molar-refractivity contribution is -0.187. The fraction of sp³-hybridized carbons (Fsp3) is 0.913. The van der Waals surface area contributed by atoms with Gasteiger partial charge < -0.3 is 9.84 Å². The number of Topliss-reactive ketones (excluding diaryl/α,β-unsaturated/α-hetero) is 1. The van der Waals surface area contributed by atoms with Gasteiger partial charge in [-0.25, -0.2) is 0 Å². The number of ether oxygens (including phenoxy) is 1. The maximum absolute atomic E-state index is 12.4. The first-order valence-corrected chi connectivity index (χ1v) is 11.0. The molecule has 152 valence electrons. The molecule has 0 aromatic rings. The van der Waals surface area contributed by atoms with Gasteiger partial charge in [0.1, 0.15) is 0 Å². The van der Waals surface area contributed by atoms with Crippen LogP contribution >= 0.6 is 0 Å². The van der Waals surface area contributed by atoms with E-state index in [0.29, 0.717) is 36.5 Å². The van der Waals surface area contributed by atoms with Crippen molar-refractivity contribution in [2.24, 2.45) is 34.5 Å². The molecule has 0 spiro atoms. The second kappa shape index (κ2) is 6.30. The molecule has 4 rings (SSSR count). The molecule has 0 aromatic carbocycles. The zero-order valence-corrected chi connectivity index (χ0v) is 17.4. The molecule has 0 heterocycles. The number of esters is 1. The molecule has 4 fully saturated rings. The van der Waals surface area contributed by atoms with Crippen LogP contribution in [0.2, 0.25) is 0 Å². The Morgan fingerprint density at radius 2 is 1.59 bits per heavy atom. The topological polar surface area (TPSA) is 63.6 Å². The lowest BCUT2D eigenvalue weighted by Crippen LogP contribution is -2.58. The monoisotopic (exact) mass is 376 g/mol. The summed E-state index contributed by atoms with van der Waals surface area (Å²) in [6.07, 6.45) is 8.99. The lowest BCUT2D eigenvalue weighted by Gasteiger charge is -2.61. The predicted molar refractivity (Wildman–Crippen MR) is 103 cm³/mol. The van der Waals surface area contributed by atoms with Gasteiger partial charge in [0.25, 0.3) is 0 Å². The first-order chi connectivity index (χ1) is 12.6. The van der Waals surface area contributed by atoms with Crippen molar-refractivity contribution in [3.05, 3.63) is 0 Å². The van der Waals surface area contributed by atoms with E-state index >= 15 is 0 Å². The lowest BCUT2D eigenvalue weighted by atomic mass is 9.44. The van der Waals surface area contributed by atoms with E-state index in [1.54, 1.807) is 6.92 Å². The summed E-state index contributed by atoms with van der Waals surface area (Å²) in [6, 6.07) is 0. The first kappa shape index (κ1) is 19.4. The van der Waals surface area contributed by atoms with Gasteiger partial charge in [0, 0.05) is 6.92 Å². The Bertz CT molecular complexity index is 644. The molecular formula is C23H36O4. The number of rotatable bonds is 2. The van der Waals surface area contributed by atoms with Gasteiger partial charge in [-0.1, -0.05) is 13.8 Å². The van der Waals surface area contributed by atoms with Crippen molar-refractivity contribution in [1.29, 1.82) is 0 Å². The minimum atomic E-state index is -0.893. The number of aliphatic hydroxyl groups is 1. The van der Waals surface area contributed by atoms with Crippen LogP contribution in [0.5, 0.6) is 0 Å². The van der Waals surface area contributed by atoms with Gasteiger partial charge >= 0.3 is 5.97 Å². The average Bonchev–Trinajstić information content (AvgIpc) is 2.90. The van der Waals surface area contributed by atoms with E-state index in [4.69, 9.17) is 4.74 Å². The predicted octanol–water partition coefficient (Wildman–Crippen LogP) is 4.28. The van der Waals surface area contributed by atoms with Crippen LogP contribution in [0.3, 0.4) is 0 Å². The maximum Gasteiger partial charge on any atom is 0.303 e. The molecule has 4 aliphatic carbocycles. The van der Waals surface area contributed by atoms with Gasteiger partial charge in [-0.3, -0.25) is 9.59 Å². The molecule has 0 aromatic heterocycles. The molecule has 1 N–H and O–H groups in total. The molecule has 4 saturated carbocycles. The van der Waals surface area contributed by atoms with Gasteiger partial charge in [0.05, 0.1) is 6.10 Å². The van der Waals surface area contributed by atoms with Crippen LogP contribution in [0.15, 0.2) is 0 Å². The molecule has 0 radical (unpaired) electrons. The van der Waals surface area contributed by atoms with Crippen LogP contribution in [0.1, 0.15) is 85.5 Å². The summed E-state index contributed by atoms with van der Waals surface area (Å²) in [5.74, 6) is 2.17. The van der Waals surface area contributed by atoms with Gasteiger partial charge in [-0.05, 0) is 99.2 Å². The van der Waals surface area contributed by atoms with Crippen molar-refractivity contribution < 1.29 is 19.4 Å². The molecule has 0 bridgehead atoms. The smallest absolute Gasteiger partial charge is 0.303 e. The Morgan fingerprint density at radius 1 is 0.889 bits per heavy atom. The Balaban J connectivity index is 1.59. The van der Waals surface area contributed by atoms with E-state index in [1.165, 1.54) is 26.2 Å². The van der Waals surface area contributed by atoms with Crippen molar-refractivity contribution in [1.82, 2.24) is 0 Å². The Morgan fingerprint density at radius 3 is 2.26 bits per heavy atom. The summed E-state index contributed by atoms with van der Waals surface area (Å²) < 4.78 is 5.65. The Hall–Kier alpha value is -0.900. The van der Waals surface area contributed by atoms with Gasteiger partial charge in [0.15, 0.2) is 11.4 Å². The third kappa shape index (κ3) is 2.73. The Labute approximate surface area is 163 Å². The molecule has 4 aliphatic rings. The number of hydrogen-bond acceptors (Lipinski definition) is 4. The van der Waals surface area contributed by atoms with Crippen molar-refractivity contribution in [2.45, 2.75) is 97.2 Å². The van der Waals surface area contributed by atoms with Crippen molar-refractivity contribution in [3.63, 3.8) is 0 Å². The second-order valence-electron chi connectivity index (χ2n) is 10.6. The molecule has 0 saturated heterocycles. The van der Waals surface area contributed by atoms with E-state index in [-0.39, 0.29) is 28.7 Å². The average molecular weight is 377 g/mol. The Kier molecular flexibility index (Phi) is 4.53. The normalized spacial score (nSPS) is 51.7. The van der Waals surface area contributed by atoms with Crippen molar-refractivity contribution >= 4 is 11.8 Å². The van der Waals surface area contributed by atoms with Crippen LogP contribution in [-0.2, 0) is 14.3 Å². The van der Waals surface area contributed by atoms with E-state index < -0.39 is 5.60 Å². The summed E-state index contributed by atoms with van der Waals surface area (Å²) in [4.78, 5) is 24.1. The molecule has 0 amide bonds. The quantitative estimate of drug-likeness (QED) is 0.731. The second-order valence-corrected chi connectivity index (χ2v) is 10.6. The van der Waals surface area contributed by atoms with E-state index in [2.05, 4.69) is 13.8 Å². The first-order valence-electron chi connectivity index (χ1n) is 11.0. The van der Waals surface area contributed by atoms with Gasteiger partial charge in [0.2, 0.25) is 0 Å². The van der Waals surface area contributed by atoms with E-state index in [0.717, 1.165) is 25.7 Å². The number of carbonyl (C=O) groups is 2. The number of fused-ring (bicyclic) bond motifs is 5. The van der Waals surface area contributed by atoms with Crippen LogP contribution in [0, 0.1) is 34.5 Å². The third-order valence-electron chi connectivity index (χ3n) is 9.64.